The zero-order valence-corrected chi connectivity index (χ0v) is 10.4. The third-order valence-corrected chi connectivity index (χ3v) is 2.25. The van der Waals surface area contributed by atoms with Gasteiger partial charge in [-0.3, -0.25) is 0 Å². The van der Waals surface area contributed by atoms with Gasteiger partial charge in [-0.25, -0.2) is 0 Å². The van der Waals surface area contributed by atoms with Gasteiger partial charge < -0.3 is 16.2 Å². The van der Waals surface area contributed by atoms with Crippen LogP contribution in [0.25, 0.3) is 0 Å². The Kier molecular flexibility index (Phi) is 7.28. The molecule has 0 aliphatic heterocycles. The molecule has 0 aromatic heterocycles. The summed E-state index contributed by atoms with van der Waals surface area (Å²) in [5.74, 6) is 0.322. The molecule has 0 saturated heterocycles. The Balaban J connectivity index is 0.000000199. The van der Waals surface area contributed by atoms with Crippen LogP contribution in [0.5, 0.6) is 5.75 Å². The van der Waals surface area contributed by atoms with E-state index in [2.05, 4.69) is 17.4 Å². The molecule has 0 aliphatic rings. The van der Waals surface area contributed by atoms with Crippen LogP contribution in [0.15, 0.2) is 60.7 Å². The quantitative estimate of drug-likeness (QED) is 0.722. The van der Waals surface area contributed by atoms with Gasteiger partial charge in [-0.15, -0.1) is 0 Å². The molecule has 0 heterocycles. The molecule has 0 aliphatic carbocycles. The third kappa shape index (κ3) is 6.68. The number of aromatic hydroxyl groups is 1. The highest BCUT2D eigenvalue weighted by Crippen LogP contribution is 2.02. The van der Waals surface area contributed by atoms with Crippen LogP contribution in [0, 0.1) is 0 Å². The second-order valence-electron chi connectivity index (χ2n) is 3.79. The van der Waals surface area contributed by atoms with Gasteiger partial charge in [0.2, 0.25) is 0 Å². The summed E-state index contributed by atoms with van der Waals surface area (Å²) < 4.78 is 0. The van der Waals surface area contributed by atoms with Gasteiger partial charge in [-0.1, -0.05) is 48.5 Å². The van der Waals surface area contributed by atoms with Crippen LogP contribution in [0.2, 0.25) is 0 Å². The molecule has 0 fully saturated rings. The number of benzene rings is 2. The van der Waals surface area contributed by atoms with Crippen LogP contribution in [-0.2, 0) is 6.54 Å². The Morgan fingerprint density at radius 1 is 0.889 bits per heavy atom. The van der Waals surface area contributed by atoms with Gasteiger partial charge in [0, 0.05) is 19.6 Å². The summed E-state index contributed by atoms with van der Waals surface area (Å²) in [6.07, 6.45) is 0. The van der Waals surface area contributed by atoms with Crippen LogP contribution in [0.4, 0.5) is 0 Å². The summed E-state index contributed by atoms with van der Waals surface area (Å²) in [5, 5.41) is 11.9. The highest BCUT2D eigenvalue weighted by molar-refractivity contribution is 5.18. The first-order valence-corrected chi connectivity index (χ1v) is 6.01. The third-order valence-electron chi connectivity index (χ3n) is 2.25. The molecule has 3 heteroatoms. The topological polar surface area (TPSA) is 58.3 Å². The number of nitrogens with two attached hydrogens (primary N) is 1. The van der Waals surface area contributed by atoms with E-state index in [4.69, 9.17) is 10.8 Å². The highest BCUT2D eigenvalue weighted by Gasteiger charge is 1.87. The van der Waals surface area contributed by atoms with Crippen molar-refractivity contribution in [2.75, 3.05) is 13.1 Å². The zero-order valence-electron chi connectivity index (χ0n) is 10.4. The van der Waals surface area contributed by atoms with Gasteiger partial charge in [0.15, 0.2) is 0 Å². The first-order valence-electron chi connectivity index (χ1n) is 6.01. The fourth-order valence-corrected chi connectivity index (χ4v) is 1.36. The van der Waals surface area contributed by atoms with Gasteiger partial charge in [-0.05, 0) is 17.7 Å². The molecule has 96 valence electrons. The van der Waals surface area contributed by atoms with Crippen LogP contribution in [0.1, 0.15) is 5.56 Å². The first-order chi connectivity index (χ1) is 8.83. The van der Waals surface area contributed by atoms with Crippen molar-refractivity contribution in [1.29, 1.82) is 0 Å². The minimum atomic E-state index is 0.322. The minimum Gasteiger partial charge on any atom is -0.508 e. The molecule has 0 amide bonds. The van der Waals surface area contributed by atoms with E-state index in [1.807, 2.05) is 24.3 Å². The maximum Gasteiger partial charge on any atom is 0.115 e. The standard InChI is InChI=1S/C9H14N2.C6H6O/c10-6-7-11-8-9-4-2-1-3-5-9;7-6-4-2-1-3-5-6/h1-5,11H,6-8,10H2;1-5,7H. The summed E-state index contributed by atoms with van der Waals surface area (Å²) in [5.41, 5.74) is 6.64. The maximum absolute atomic E-state index is 8.63. The smallest absolute Gasteiger partial charge is 0.115 e. The Morgan fingerprint density at radius 2 is 1.44 bits per heavy atom. The van der Waals surface area contributed by atoms with Crippen LogP contribution in [0.3, 0.4) is 0 Å². The van der Waals surface area contributed by atoms with E-state index in [1.165, 1.54) is 5.56 Å². The van der Waals surface area contributed by atoms with E-state index >= 15 is 0 Å². The molecule has 4 N–H and O–H groups in total. The summed E-state index contributed by atoms with van der Waals surface area (Å²) >= 11 is 0. The van der Waals surface area contributed by atoms with Crippen LogP contribution < -0.4 is 11.1 Å². The van der Waals surface area contributed by atoms with Crippen molar-refractivity contribution in [2.45, 2.75) is 6.54 Å². The van der Waals surface area contributed by atoms with Gasteiger partial charge in [0.1, 0.15) is 5.75 Å². The average Bonchev–Trinajstić information content (AvgIpc) is 2.42. The van der Waals surface area contributed by atoms with Gasteiger partial charge >= 0.3 is 0 Å². The lowest BCUT2D eigenvalue weighted by molar-refractivity contribution is 0.475. The molecular formula is C15H20N2O. The summed E-state index contributed by atoms with van der Waals surface area (Å²) in [6, 6.07) is 19.0. The predicted molar refractivity (Wildman–Crippen MR) is 75.3 cm³/mol. The van der Waals surface area contributed by atoms with Crippen molar-refractivity contribution in [3.05, 3.63) is 66.2 Å². The van der Waals surface area contributed by atoms with Crippen LogP contribution in [-0.4, -0.2) is 18.2 Å². The van der Waals surface area contributed by atoms with E-state index in [9.17, 15) is 0 Å². The Hall–Kier alpha value is -1.84. The Bertz CT molecular complexity index is 403. The van der Waals surface area contributed by atoms with E-state index in [1.54, 1.807) is 24.3 Å². The van der Waals surface area contributed by atoms with Crippen molar-refractivity contribution in [1.82, 2.24) is 5.32 Å². The Morgan fingerprint density at radius 3 is 1.89 bits per heavy atom. The van der Waals surface area contributed by atoms with Crippen molar-refractivity contribution in [3.63, 3.8) is 0 Å². The van der Waals surface area contributed by atoms with Crippen molar-refractivity contribution < 1.29 is 5.11 Å². The van der Waals surface area contributed by atoms with E-state index in [-0.39, 0.29) is 0 Å². The fourth-order valence-electron chi connectivity index (χ4n) is 1.36. The second kappa shape index (κ2) is 9.22. The highest BCUT2D eigenvalue weighted by atomic mass is 16.3. The molecule has 18 heavy (non-hydrogen) atoms. The molecule has 0 spiro atoms. The molecular weight excluding hydrogens is 224 g/mol. The number of nitrogens with one attached hydrogen (secondary N) is 1. The summed E-state index contributed by atoms with van der Waals surface area (Å²) in [7, 11) is 0. The van der Waals surface area contributed by atoms with Crippen molar-refractivity contribution in [2.24, 2.45) is 5.73 Å². The van der Waals surface area contributed by atoms with E-state index in [0.717, 1.165) is 13.1 Å². The normalized spacial score (nSPS) is 9.39. The summed E-state index contributed by atoms with van der Waals surface area (Å²) in [4.78, 5) is 0. The lowest BCUT2D eigenvalue weighted by Gasteiger charge is -2.01. The lowest BCUT2D eigenvalue weighted by Crippen LogP contribution is -2.21. The monoisotopic (exact) mass is 244 g/mol. The van der Waals surface area contributed by atoms with Gasteiger partial charge in [0.25, 0.3) is 0 Å². The molecule has 0 saturated carbocycles. The number of phenols is 1. The van der Waals surface area contributed by atoms with E-state index < -0.39 is 0 Å². The average molecular weight is 244 g/mol. The number of hydrogen-bond donors (Lipinski definition) is 3. The second-order valence-corrected chi connectivity index (χ2v) is 3.79. The lowest BCUT2D eigenvalue weighted by atomic mass is 10.2. The molecule has 2 aromatic rings. The van der Waals surface area contributed by atoms with Crippen molar-refractivity contribution >= 4 is 0 Å². The van der Waals surface area contributed by atoms with Crippen molar-refractivity contribution in [3.8, 4) is 5.75 Å². The molecule has 0 bridgehead atoms. The Labute approximate surface area is 108 Å². The maximum atomic E-state index is 8.63. The van der Waals surface area contributed by atoms with Gasteiger partial charge in [-0.2, -0.15) is 0 Å². The van der Waals surface area contributed by atoms with Gasteiger partial charge in [0.05, 0.1) is 0 Å². The molecule has 0 radical (unpaired) electrons. The zero-order chi connectivity index (χ0) is 13.1. The first kappa shape index (κ1) is 14.2. The number of phenolic OH excluding ortho intramolecular Hbond substituents is 1. The number of hydrogen-bond acceptors (Lipinski definition) is 3. The van der Waals surface area contributed by atoms with Crippen LogP contribution >= 0.6 is 0 Å². The number of para-hydroxylation sites is 1. The molecule has 2 aromatic carbocycles. The van der Waals surface area contributed by atoms with E-state index in [0.29, 0.717) is 12.3 Å². The summed E-state index contributed by atoms with van der Waals surface area (Å²) in [6.45, 7) is 2.50. The molecule has 0 atom stereocenters. The fraction of sp³-hybridized carbons (Fsp3) is 0.200. The molecule has 2 rings (SSSR count). The predicted octanol–water partition coefficient (Wildman–Crippen LogP) is 2.13. The largest absolute Gasteiger partial charge is 0.508 e. The minimum absolute atomic E-state index is 0.322. The molecule has 0 unspecified atom stereocenters. The molecule has 3 nitrogen and oxygen atoms in total. The SMILES string of the molecule is NCCNCc1ccccc1.Oc1ccccc1. The number of rotatable bonds is 4.